The number of carbonyl (C=O) groups is 2. The van der Waals surface area contributed by atoms with E-state index in [-0.39, 0.29) is 30.6 Å². The van der Waals surface area contributed by atoms with Crippen molar-refractivity contribution in [2.75, 3.05) is 11.4 Å². The highest BCUT2D eigenvalue weighted by Crippen LogP contribution is 2.49. The molecule has 5 nitrogen and oxygen atoms in total. The molecule has 1 fully saturated rings. The number of hydrogen-bond donors (Lipinski definition) is 0. The highest BCUT2D eigenvalue weighted by Gasteiger charge is 2.58. The van der Waals surface area contributed by atoms with Crippen LogP contribution in [0.1, 0.15) is 12.8 Å². The van der Waals surface area contributed by atoms with Crippen LogP contribution in [-0.4, -0.2) is 30.7 Å². The predicted octanol–water partition coefficient (Wildman–Crippen LogP) is 2.88. The normalized spacial score (nSPS) is 25.3. The second kappa shape index (κ2) is 6.12. The van der Waals surface area contributed by atoms with Crippen molar-refractivity contribution >= 4 is 17.4 Å². The maximum Gasteiger partial charge on any atom is 0.491 e. The molecule has 1 aromatic carbocycles. The van der Waals surface area contributed by atoms with Crippen LogP contribution >= 0.6 is 0 Å². The summed E-state index contributed by atoms with van der Waals surface area (Å²) in [5.74, 6) is -3.53. The van der Waals surface area contributed by atoms with Crippen molar-refractivity contribution in [1.29, 1.82) is 5.26 Å². The van der Waals surface area contributed by atoms with Crippen molar-refractivity contribution in [1.82, 2.24) is 0 Å². The molecule has 26 heavy (non-hydrogen) atoms. The molecule has 2 unspecified atom stereocenters. The van der Waals surface area contributed by atoms with Gasteiger partial charge in [-0.3, -0.25) is 4.79 Å². The molecule has 1 spiro atoms. The van der Waals surface area contributed by atoms with Gasteiger partial charge in [0.25, 0.3) is 0 Å². The van der Waals surface area contributed by atoms with Gasteiger partial charge in [-0.25, -0.2) is 9.18 Å². The lowest BCUT2D eigenvalue weighted by Gasteiger charge is -2.56. The minimum Gasteiger partial charge on any atom is -0.434 e. The zero-order valence-corrected chi connectivity index (χ0v) is 13.2. The summed E-state index contributed by atoms with van der Waals surface area (Å²) >= 11 is 0. The van der Waals surface area contributed by atoms with E-state index in [0.29, 0.717) is 0 Å². The van der Waals surface area contributed by atoms with Crippen molar-refractivity contribution < 1.29 is 31.9 Å². The molecular weight excluding hydrogens is 356 g/mol. The van der Waals surface area contributed by atoms with E-state index in [1.165, 1.54) is 29.2 Å². The Hall–Kier alpha value is -2.89. The van der Waals surface area contributed by atoms with Gasteiger partial charge < -0.3 is 9.64 Å². The molecule has 0 saturated carbocycles. The first-order chi connectivity index (χ1) is 12.2. The van der Waals surface area contributed by atoms with Crippen LogP contribution in [-0.2, 0) is 14.3 Å². The smallest absolute Gasteiger partial charge is 0.434 e. The van der Waals surface area contributed by atoms with Crippen molar-refractivity contribution in [3.63, 3.8) is 0 Å². The lowest BCUT2D eigenvalue weighted by molar-refractivity contribution is -0.214. The van der Waals surface area contributed by atoms with Crippen molar-refractivity contribution in [3.8, 4) is 6.07 Å². The lowest BCUT2D eigenvalue weighted by Crippen LogP contribution is -2.67. The Labute approximate surface area is 145 Å². The number of ketones is 1. The van der Waals surface area contributed by atoms with Crippen LogP contribution in [0.25, 0.3) is 0 Å². The zero-order chi connectivity index (χ0) is 19.1. The number of nitriles is 1. The molecule has 1 aliphatic heterocycles. The molecule has 0 N–H and O–H groups in total. The fraction of sp³-hybridized carbons (Fsp3) is 0.353. The average molecular weight is 368 g/mol. The monoisotopic (exact) mass is 368 g/mol. The molecule has 2 atom stereocenters. The van der Waals surface area contributed by atoms with E-state index in [9.17, 15) is 27.2 Å². The van der Waals surface area contributed by atoms with E-state index in [1.807, 2.05) is 0 Å². The lowest BCUT2D eigenvalue weighted by atomic mass is 9.68. The molecule has 9 heteroatoms. The largest absolute Gasteiger partial charge is 0.491 e. The molecule has 0 aromatic heterocycles. The Morgan fingerprint density at radius 1 is 1.35 bits per heavy atom. The minimum atomic E-state index is -5.22. The summed E-state index contributed by atoms with van der Waals surface area (Å²) in [6, 6.07) is 7.09. The Balaban J connectivity index is 1.98. The molecule has 1 heterocycles. The first kappa shape index (κ1) is 17.9. The van der Waals surface area contributed by atoms with Gasteiger partial charge in [-0.2, -0.15) is 18.4 Å². The second-order valence-electron chi connectivity index (χ2n) is 6.16. The molecule has 2 aliphatic rings. The van der Waals surface area contributed by atoms with E-state index in [2.05, 4.69) is 4.74 Å². The van der Waals surface area contributed by atoms with Gasteiger partial charge in [-0.15, -0.1) is 0 Å². The standard InChI is InChI=1S/C17H12F4N2O3/c18-11-3-1-2-4-12(11)23-9-16(6-5-13(24)10(7-16)8-22)14(23)26-15(25)17(19,20)21/h1-4,7,14H,5-6,9H2. The third-order valence-electron chi connectivity index (χ3n) is 4.52. The summed E-state index contributed by atoms with van der Waals surface area (Å²) in [4.78, 5) is 24.2. The molecule has 3 rings (SSSR count). The topological polar surface area (TPSA) is 70.4 Å². The summed E-state index contributed by atoms with van der Waals surface area (Å²) in [5, 5.41) is 9.04. The number of nitrogens with zero attached hydrogens (tertiary/aromatic N) is 2. The van der Waals surface area contributed by atoms with Crippen LogP contribution in [0.5, 0.6) is 0 Å². The Bertz CT molecular complexity index is 843. The van der Waals surface area contributed by atoms with Crippen LogP contribution in [0, 0.1) is 22.6 Å². The van der Waals surface area contributed by atoms with Gasteiger partial charge in [0, 0.05) is 13.0 Å². The summed E-state index contributed by atoms with van der Waals surface area (Å²) in [7, 11) is 0. The maximum absolute atomic E-state index is 14.0. The Morgan fingerprint density at radius 3 is 2.65 bits per heavy atom. The number of allylic oxidation sites excluding steroid dienone is 1. The first-order valence-electron chi connectivity index (χ1n) is 7.63. The summed E-state index contributed by atoms with van der Waals surface area (Å²) in [6.45, 7) is 0.0161. The number of carbonyl (C=O) groups excluding carboxylic acids is 2. The van der Waals surface area contributed by atoms with Crippen molar-refractivity contribution in [2.24, 2.45) is 5.41 Å². The fourth-order valence-corrected chi connectivity index (χ4v) is 3.26. The van der Waals surface area contributed by atoms with Gasteiger partial charge in [0.1, 0.15) is 11.9 Å². The van der Waals surface area contributed by atoms with Gasteiger partial charge in [0.05, 0.1) is 16.7 Å². The van der Waals surface area contributed by atoms with E-state index in [1.54, 1.807) is 6.07 Å². The van der Waals surface area contributed by atoms with Crippen LogP contribution in [0.15, 0.2) is 35.9 Å². The number of Topliss-reactive ketones (excluding diaryl/α,β-unsaturated/α-hetero) is 1. The van der Waals surface area contributed by atoms with E-state index >= 15 is 0 Å². The number of hydrogen-bond acceptors (Lipinski definition) is 5. The van der Waals surface area contributed by atoms with Crippen molar-refractivity contribution in [2.45, 2.75) is 25.2 Å². The molecule has 136 valence electrons. The number of esters is 1. The number of para-hydroxylation sites is 1. The Morgan fingerprint density at radius 2 is 2.04 bits per heavy atom. The maximum atomic E-state index is 14.0. The molecular formula is C17H12F4N2O3. The number of anilines is 1. The first-order valence-corrected chi connectivity index (χ1v) is 7.63. The molecule has 0 amide bonds. The SMILES string of the molecule is N#CC1=CC2(CCC1=O)CN(c1ccccc1F)C2OC(=O)C(F)(F)F. The number of rotatable bonds is 2. The average Bonchev–Trinajstić information content (AvgIpc) is 2.58. The van der Waals surface area contributed by atoms with Gasteiger partial charge in [-0.05, 0) is 24.6 Å². The summed E-state index contributed by atoms with van der Waals surface area (Å²) in [5.41, 5.74) is -1.37. The molecule has 0 radical (unpaired) electrons. The second-order valence-corrected chi connectivity index (χ2v) is 6.16. The Kier molecular flexibility index (Phi) is 4.22. The van der Waals surface area contributed by atoms with Crippen LogP contribution in [0.2, 0.25) is 0 Å². The van der Waals surface area contributed by atoms with Crippen LogP contribution in [0.4, 0.5) is 23.2 Å². The number of benzene rings is 1. The highest BCUT2D eigenvalue weighted by atomic mass is 19.4. The quantitative estimate of drug-likeness (QED) is 0.593. The van der Waals surface area contributed by atoms with Gasteiger partial charge in [-0.1, -0.05) is 12.1 Å². The fourth-order valence-electron chi connectivity index (χ4n) is 3.26. The van der Waals surface area contributed by atoms with Crippen LogP contribution < -0.4 is 4.90 Å². The summed E-state index contributed by atoms with van der Waals surface area (Å²) in [6.07, 6.45) is -5.42. The van der Waals surface area contributed by atoms with Gasteiger partial charge in [0.15, 0.2) is 12.0 Å². The molecule has 0 bridgehead atoms. The van der Waals surface area contributed by atoms with Gasteiger partial charge >= 0.3 is 12.1 Å². The molecule has 1 saturated heterocycles. The summed E-state index contributed by atoms with van der Waals surface area (Å²) < 4.78 is 56.6. The minimum absolute atomic E-state index is 0.0161. The van der Waals surface area contributed by atoms with Crippen molar-refractivity contribution in [3.05, 3.63) is 41.7 Å². The molecule has 1 aliphatic carbocycles. The van der Waals surface area contributed by atoms with E-state index in [0.717, 1.165) is 6.07 Å². The highest BCUT2D eigenvalue weighted by molar-refractivity contribution is 6.00. The zero-order valence-electron chi connectivity index (χ0n) is 13.2. The van der Waals surface area contributed by atoms with Crippen LogP contribution in [0.3, 0.4) is 0 Å². The third-order valence-corrected chi connectivity index (χ3v) is 4.52. The number of ether oxygens (including phenoxy) is 1. The number of halogens is 4. The molecule has 1 aromatic rings. The number of alkyl halides is 3. The van der Waals surface area contributed by atoms with E-state index in [4.69, 9.17) is 5.26 Å². The van der Waals surface area contributed by atoms with E-state index < -0.39 is 35.4 Å². The third kappa shape index (κ3) is 2.92. The van der Waals surface area contributed by atoms with Gasteiger partial charge in [0.2, 0.25) is 0 Å². The predicted molar refractivity (Wildman–Crippen MR) is 80.1 cm³/mol.